The van der Waals surface area contributed by atoms with Crippen LogP contribution in [-0.2, 0) is 4.57 Å². The van der Waals surface area contributed by atoms with Crippen molar-refractivity contribution in [3.05, 3.63) is 82.8 Å². The van der Waals surface area contributed by atoms with Gasteiger partial charge >= 0.3 is 0 Å². The first-order valence-electron chi connectivity index (χ1n) is 7.53. The highest BCUT2D eigenvalue weighted by atomic mass is 32.1. The fourth-order valence-corrected chi connectivity index (χ4v) is 6.96. The van der Waals surface area contributed by atoms with Gasteiger partial charge in [0.1, 0.15) is 0 Å². The molecule has 4 rings (SSSR count). The number of benzene rings is 3. The molecule has 0 bridgehead atoms. The van der Waals surface area contributed by atoms with Crippen molar-refractivity contribution in [2.45, 2.75) is 0 Å². The summed E-state index contributed by atoms with van der Waals surface area (Å²) >= 11 is 6.81. The van der Waals surface area contributed by atoms with E-state index in [1.54, 1.807) is 0 Å². The molecule has 0 aliphatic carbocycles. The van der Waals surface area contributed by atoms with Crippen LogP contribution in [0.4, 0.5) is 0 Å². The minimum atomic E-state index is -2.98. The van der Waals surface area contributed by atoms with Crippen LogP contribution in [0.5, 0.6) is 0 Å². The largest absolute Gasteiger partial charge is 0.336 e. The van der Waals surface area contributed by atoms with Gasteiger partial charge in [0.05, 0.1) is 10.2 Å². The molecule has 24 heavy (non-hydrogen) atoms. The molecule has 0 saturated carbocycles. The highest BCUT2D eigenvalue weighted by Crippen LogP contribution is 2.44. The summed E-state index contributed by atoms with van der Waals surface area (Å²) in [5, 5.41) is 2.47. The number of aromatic nitrogens is 1. The molecular formula is C19H14NOPS2. The van der Waals surface area contributed by atoms with Crippen molar-refractivity contribution >= 4 is 56.8 Å². The van der Waals surface area contributed by atoms with Crippen molar-refractivity contribution in [2.75, 3.05) is 0 Å². The standard InChI is InChI=1S/C19H14NOPS2/c21-22(14-8-3-1-4-9-14,15-10-5-2-6-11-15)16-12-7-13-17-18(16)20-19(23)24-17/h1-13H,(H,20,23). The van der Waals surface area contributed by atoms with Crippen molar-refractivity contribution < 1.29 is 4.57 Å². The summed E-state index contributed by atoms with van der Waals surface area (Å²) in [5.41, 5.74) is 0.878. The van der Waals surface area contributed by atoms with E-state index in [1.165, 1.54) is 11.3 Å². The number of hydrogen-bond acceptors (Lipinski definition) is 3. The number of thiazole rings is 1. The first-order chi connectivity index (χ1) is 11.7. The van der Waals surface area contributed by atoms with E-state index >= 15 is 0 Å². The van der Waals surface area contributed by atoms with Gasteiger partial charge in [-0.25, -0.2) is 0 Å². The Morgan fingerprint density at radius 1 is 0.792 bits per heavy atom. The number of nitrogens with one attached hydrogen (secondary N) is 1. The van der Waals surface area contributed by atoms with Gasteiger partial charge in [-0.15, -0.1) is 11.3 Å². The number of rotatable bonds is 3. The van der Waals surface area contributed by atoms with Gasteiger partial charge in [-0.3, -0.25) is 0 Å². The number of para-hydroxylation sites is 1. The molecule has 1 N–H and O–H groups in total. The Hall–Kier alpha value is -2.00. The minimum absolute atomic E-state index is 0.699. The Bertz CT molecular complexity index is 1060. The van der Waals surface area contributed by atoms with Crippen molar-refractivity contribution in [3.63, 3.8) is 0 Å². The van der Waals surface area contributed by atoms with Crippen LogP contribution in [0.15, 0.2) is 78.9 Å². The second kappa shape index (κ2) is 6.14. The Labute approximate surface area is 149 Å². The van der Waals surface area contributed by atoms with E-state index in [-0.39, 0.29) is 0 Å². The van der Waals surface area contributed by atoms with Gasteiger partial charge < -0.3 is 9.55 Å². The summed E-state index contributed by atoms with van der Waals surface area (Å²) in [6.45, 7) is 0. The fraction of sp³-hybridized carbons (Fsp3) is 0. The monoisotopic (exact) mass is 367 g/mol. The second-order valence-electron chi connectivity index (χ2n) is 5.45. The maximum Gasteiger partial charge on any atom is 0.173 e. The van der Waals surface area contributed by atoms with E-state index in [4.69, 9.17) is 12.2 Å². The van der Waals surface area contributed by atoms with Crippen LogP contribution in [0.2, 0.25) is 0 Å². The molecule has 0 spiro atoms. The average Bonchev–Trinajstić information content (AvgIpc) is 3.02. The third-order valence-electron chi connectivity index (χ3n) is 4.01. The van der Waals surface area contributed by atoms with Crippen molar-refractivity contribution in [1.82, 2.24) is 4.98 Å². The SMILES string of the molecule is O=P(c1ccccc1)(c1ccccc1)c1cccc2sc(=S)[nH]c12. The lowest BCUT2D eigenvalue weighted by Gasteiger charge is -2.20. The Morgan fingerprint density at radius 2 is 1.38 bits per heavy atom. The lowest BCUT2D eigenvalue weighted by molar-refractivity contribution is 0.592. The first-order valence-corrected chi connectivity index (χ1v) is 10.5. The van der Waals surface area contributed by atoms with Crippen LogP contribution in [0.25, 0.3) is 10.2 Å². The van der Waals surface area contributed by atoms with E-state index in [0.717, 1.165) is 26.1 Å². The molecule has 1 heterocycles. The Kier molecular flexibility index (Phi) is 3.97. The predicted octanol–water partition coefficient (Wildman–Crippen LogP) is 4.60. The van der Waals surface area contributed by atoms with Gasteiger partial charge in [0.2, 0.25) is 0 Å². The van der Waals surface area contributed by atoms with Crippen LogP contribution >= 0.6 is 30.7 Å². The third-order valence-corrected chi connectivity index (χ3v) is 8.31. The summed E-state index contributed by atoms with van der Waals surface area (Å²) in [7, 11) is -2.98. The summed E-state index contributed by atoms with van der Waals surface area (Å²) in [6, 6.07) is 25.3. The Morgan fingerprint density at radius 3 is 1.96 bits per heavy atom. The highest BCUT2D eigenvalue weighted by molar-refractivity contribution is 7.85. The zero-order chi connectivity index (χ0) is 16.6. The van der Waals surface area contributed by atoms with Crippen LogP contribution in [-0.4, -0.2) is 4.98 Å². The Balaban J connectivity index is 2.11. The molecule has 0 aliphatic rings. The summed E-state index contributed by atoms with van der Waals surface area (Å²) in [5.74, 6) is 0. The molecular weight excluding hydrogens is 353 g/mol. The molecule has 2 nitrogen and oxygen atoms in total. The summed E-state index contributed by atoms with van der Waals surface area (Å²) in [6.07, 6.45) is 0. The topological polar surface area (TPSA) is 32.9 Å². The molecule has 0 unspecified atom stereocenters. The molecule has 0 fully saturated rings. The zero-order valence-electron chi connectivity index (χ0n) is 12.7. The lowest BCUT2D eigenvalue weighted by Crippen LogP contribution is -2.25. The lowest BCUT2D eigenvalue weighted by atomic mass is 10.3. The van der Waals surface area contributed by atoms with Crippen LogP contribution < -0.4 is 15.9 Å². The van der Waals surface area contributed by atoms with Crippen molar-refractivity contribution in [3.8, 4) is 0 Å². The van der Waals surface area contributed by atoms with Crippen molar-refractivity contribution in [2.24, 2.45) is 0 Å². The number of hydrogen-bond donors (Lipinski definition) is 1. The van der Waals surface area contributed by atoms with E-state index in [9.17, 15) is 4.57 Å². The summed E-state index contributed by atoms with van der Waals surface area (Å²) < 4.78 is 16.1. The second-order valence-corrected chi connectivity index (χ2v) is 9.90. The first kappa shape index (κ1) is 15.5. The average molecular weight is 367 g/mol. The summed E-state index contributed by atoms with van der Waals surface area (Å²) in [4.78, 5) is 3.23. The van der Waals surface area contributed by atoms with Crippen LogP contribution in [0, 0.1) is 3.95 Å². The van der Waals surface area contributed by atoms with E-state index in [1.807, 2.05) is 78.9 Å². The molecule has 3 aromatic carbocycles. The van der Waals surface area contributed by atoms with Gasteiger partial charge in [-0.2, -0.15) is 0 Å². The van der Waals surface area contributed by atoms with Gasteiger partial charge in [-0.1, -0.05) is 66.7 Å². The fourth-order valence-electron chi connectivity index (χ4n) is 2.92. The minimum Gasteiger partial charge on any atom is -0.336 e. The zero-order valence-corrected chi connectivity index (χ0v) is 15.2. The molecule has 0 saturated heterocycles. The molecule has 0 aliphatic heterocycles. The molecule has 4 aromatic rings. The van der Waals surface area contributed by atoms with E-state index in [0.29, 0.717) is 3.95 Å². The van der Waals surface area contributed by atoms with Gasteiger partial charge in [0.25, 0.3) is 0 Å². The smallest absolute Gasteiger partial charge is 0.173 e. The number of fused-ring (bicyclic) bond motifs is 1. The number of H-pyrrole nitrogens is 1. The highest BCUT2D eigenvalue weighted by Gasteiger charge is 2.31. The normalized spacial score (nSPS) is 11.7. The molecule has 5 heteroatoms. The molecule has 118 valence electrons. The molecule has 0 atom stereocenters. The quantitative estimate of drug-likeness (QED) is 0.424. The molecule has 0 amide bonds. The van der Waals surface area contributed by atoms with Crippen LogP contribution in [0.3, 0.4) is 0 Å². The van der Waals surface area contributed by atoms with E-state index < -0.39 is 7.14 Å². The predicted molar refractivity (Wildman–Crippen MR) is 106 cm³/mol. The molecule has 0 radical (unpaired) electrons. The van der Waals surface area contributed by atoms with Crippen molar-refractivity contribution in [1.29, 1.82) is 0 Å². The third kappa shape index (κ3) is 2.48. The van der Waals surface area contributed by atoms with Crippen LogP contribution in [0.1, 0.15) is 0 Å². The molecule has 1 aromatic heterocycles. The van der Waals surface area contributed by atoms with E-state index in [2.05, 4.69) is 4.98 Å². The van der Waals surface area contributed by atoms with Gasteiger partial charge in [-0.05, 0) is 24.4 Å². The van der Waals surface area contributed by atoms with Gasteiger partial charge in [0.15, 0.2) is 11.1 Å². The number of aromatic amines is 1. The maximum absolute atomic E-state index is 14.4. The van der Waals surface area contributed by atoms with Gasteiger partial charge in [0, 0.05) is 15.9 Å². The maximum atomic E-state index is 14.4.